The molecule has 0 spiro atoms. The zero-order valence-electron chi connectivity index (χ0n) is 7.48. The number of para-hydroxylation sites is 1. The molecule has 0 N–H and O–H groups in total. The van der Waals surface area contributed by atoms with Crippen LogP contribution in [0.4, 0.5) is 0 Å². The van der Waals surface area contributed by atoms with Crippen molar-refractivity contribution >= 4 is 11.8 Å². The van der Waals surface area contributed by atoms with Crippen molar-refractivity contribution in [3.63, 3.8) is 0 Å². The van der Waals surface area contributed by atoms with E-state index >= 15 is 0 Å². The molecule has 70 valence electrons. The topological polar surface area (TPSA) is 12.5 Å². The molecule has 1 heterocycles. The molecule has 0 aliphatic carbocycles. The molecule has 1 aromatic rings. The molecule has 0 unspecified atom stereocenters. The highest BCUT2D eigenvalue weighted by atomic mass is 32.2. The Kier molecular flexibility index (Phi) is 3.11. The largest absolute Gasteiger partial charge is 0.406 e. The van der Waals surface area contributed by atoms with Crippen LogP contribution in [-0.2, 0) is 0 Å². The minimum atomic E-state index is 0.939. The van der Waals surface area contributed by atoms with Crippen LogP contribution < -0.4 is 4.84 Å². The molecule has 0 saturated carbocycles. The smallest absolute Gasteiger partial charge is 0.147 e. The molecule has 0 amide bonds. The third-order valence-electron chi connectivity index (χ3n) is 1.95. The van der Waals surface area contributed by atoms with Gasteiger partial charge >= 0.3 is 0 Å². The Labute approximate surface area is 82.8 Å². The van der Waals surface area contributed by atoms with Crippen molar-refractivity contribution in [1.29, 1.82) is 0 Å². The van der Waals surface area contributed by atoms with E-state index in [-0.39, 0.29) is 0 Å². The van der Waals surface area contributed by atoms with Gasteiger partial charge in [-0.3, -0.25) is 0 Å². The molecule has 2 nitrogen and oxygen atoms in total. The fourth-order valence-corrected chi connectivity index (χ4v) is 2.14. The van der Waals surface area contributed by atoms with Crippen molar-refractivity contribution in [3.8, 4) is 5.75 Å². The van der Waals surface area contributed by atoms with Gasteiger partial charge in [-0.2, -0.15) is 11.8 Å². The lowest BCUT2D eigenvalue weighted by atomic mass is 10.3. The molecule has 0 atom stereocenters. The number of thioether (sulfide) groups is 1. The zero-order chi connectivity index (χ0) is 8.93. The summed E-state index contributed by atoms with van der Waals surface area (Å²) in [5, 5.41) is 2.03. The summed E-state index contributed by atoms with van der Waals surface area (Å²) in [4.78, 5) is 5.68. The molecule has 1 saturated heterocycles. The van der Waals surface area contributed by atoms with E-state index in [0.717, 1.165) is 18.8 Å². The van der Waals surface area contributed by atoms with Crippen molar-refractivity contribution in [1.82, 2.24) is 5.06 Å². The fourth-order valence-electron chi connectivity index (χ4n) is 1.27. The van der Waals surface area contributed by atoms with E-state index in [9.17, 15) is 0 Å². The molecular formula is C10H13NOS. The van der Waals surface area contributed by atoms with Gasteiger partial charge in [0, 0.05) is 24.6 Å². The van der Waals surface area contributed by atoms with Gasteiger partial charge in [-0.1, -0.05) is 18.2 Å². The van der Waals surface area contributed by atoms with Gasteiger partial charge in [0.1, 0.15) is 5.75 Å². The quantitative estimate of drug-likeness (QED) is 0.716. The van der Waals surface area contributed by atoms with E-state index in [1.807, 2.05) is 47.2 Å². The average Bonchev–Trinajstić information content (AvgIpc) is 2.21. The second-order valence-electron chi connectivity index (χ2n) is 2.95. The van der Waals surface area contributed by atoms with E-state index < -0.39 is 0 Å². The zero-order valence-corrected chi connectivity index (χ0v) is 8.30. The van der Waals surface area contributed by atoms with E-state index in [4.69, 9.17) is 4.84 Å². The van der Waals surface area contributed by atoms with Crippen LogP contribution in [-0.4, -0.2) is 29.7 Å². The van der Waals surface area contributed by atoms with Crippen LogP contribution >= 0.6 is 11.8 Å². The van der Waals surface area contributed by atoms with Crippen molar-refractivity contribution < 1.29 is 4.84 Å². The van der Waals surface area contributed by atoms with Gasteiger partial charge in [0.05, 0.1) is 0 Å². The highest BCUT2D eigenvalue weighted by Crippen LogP contribution is 2.14. The summed E-state index contributed by atoms with van der Waals surface area (Å²) in [5.41, 5.74) is 0. The summed E-state index contributed by atoms with van der Waals surface area (Å²) >= 11 is 1.99. The molecule has 2 rings (SSSR count). The minimum Gasteiger partial charge on any atom is -0.406 e. The maximum atomic E-state index is 5.68. The Hall–Kier alpha value is -0.670. The van der Waals surface area contributed by atoms with Crippen molar-refractivity contribution in [3.05, 3.63) is 30.3 Å². The van der Waals surface area contributed by atoms with Crippen molar-refractivity contribution in [2.75, 3.05) is 24.6 Å². The van der Waals surface area contributed by atoms with Crippen LogP contribution in [0.3, 0.4) is 0 Å². The van der Waals surface area contributed by atoms with Gasteiger partial charge in [-0.25, -0.2) is 0 Å². The van der Waals surface area contributed by atoms with E-state index in [1.165, 1.54) is 11.5 Å². The standard InChI is InChI=1S/C10H13NOS/c1-2-4-10(5-3-1)12-11-6-8-13-9-7-11/h1-5H,6-9H2. The van der Waals surface area contributed by atoms with Gasteiger partial charge in [-0.15, -0.1) is 5.06 Å². The molecular weight excluding hydrogens is 182 g/mol. The lowest BCUT2D eigenvalue weighted by Crippen LogP contribution is -2.35. The number of benzene rings is 1. The second-order valence-corrected chi connectivity index (χ2v) is 4.17. The first-order chi connectivity index (χ1) is 6.45. The fraction of sp³-hybridized carbons (Fsp3) is 0.400. The van der Waals surface area contributed by atoms with Gasteiger partial charge in [0.25, 0.3) is 0 Å². The first kappa shape index (κ1) is 8.91. The molecule has 0 bridgehead atoms. The number of rotatable bonds is 2. The molecule has 0 radical (unpaired) electrons. The molecule has 13 heavy (non-hydrogen) atoms. The van der Waals surface area contributed by atoms with Crippen molar-refractivity contribution in [2.24, 2.45) is 0 Å². The van der Waals surface area contributed by atoms with Crippen molar-refractivity contribution in [2.45, 2.75) is 0 Å². The summed E-state index contributed by atoms with van der Waals surface area (Å²) in [6.07, 6.45) is 0. The van der Waals surface area contributed by atoms with Crippen LogP contribution in [0.25, 0.3) is 0 Å². The number of hydrogen-bond acceptors (Lipinski definition) is 3. The molecule has 3 heteroatoms. The number of hydrogen-bond donors (Lipinski definition) is 0. The summed E-state index contributed by atoms with van der Waals surface area (Å²) in [6, 6.07) is 9.96. The summed E-state index contributed by atoms with van der Waals surface area (Å²) in [5.74, 6) is 3.29. The second kappa shape index (κ2) is 4.53. The summed E-state index contributed by atoms with van der Waals surface area (Å²) < 4.78 is 0. The predicted octanol–water partition coefficient (Wildman–Crippen LogP) is 2.03. The maximum Gasteiger partial charge on any atom is 0.147 e. The Morgan fingerprint density at radius 3 is 2.46 bits per heavy atom. The molecule has 1 aliphatic rings. The highest BCUT2D eigenvalue weighted by Gasteiger charge is 2.11. The van der Waals surface area contributed by atoms with Crippen LogP contribution in [0.2, 0.25) is 0 Å². The molecule has 0 aromatic heterocycles. The average molecular weight is 195 g/mol. The predicted molar refractivity (Wildman–Crippen MR) is 56.0 cm³/mol. The third-order valence-corrected chi connectivity index (χ3v) is 2.89. The summed E-state index contributed by atoms with van der Waals surface area (Å²) in [7, 11) is 0. The van der Waals surface area contributed by atoms with Crippen LogP contribution in [0.1, 0.15) is 0 Å². The Morgan fingerprint density at radius 1 is 1.08 bits per heavy atom. The maximum absolute atomic E-state index is 5.68. The van der Waals surface area contributed by atoms with Crippen LogP contribution in [0.15, 0.2) is 30.3 Å². The first-order valence-electron chi connectivity index (χ1n) is 4.51. The first-order valence-corrected chi connectivity index (χ1v) is 5.66. The number of hydroxylamine groups is 2. The Morgan fingerprint density at radius 2 is 1.77 bits per heavy atom. The molecule has 1 aliphatic heterocycles. The lowest BCUT2D eigenvalue weighted by molar-refractivity contribution is -0.0488. The Balaban J connectivity index is 1.90. The van der Waals surface area contributed by atoms with Gasteiger partial charge in [0.15, 0.2) is 0 Å². The SMILES string of the molecule is c1ccc(ON2CCSCC2)cc1. The third kappa shape index (κ3) is 2.64. The normalized spacial score (nSPS) is 18.5. The van der Waals surface area contributed by atoms with Crippen LogP contribution in [0, 0.1) is 0 Å². The highest BCUT2D eigenvalue weighted by molar-refractivity contribution is 7.99. The van der Waals surface area contributed by atoms with Crippen LogP contribution in [0.5, 0.6) is 5.75 Å². The van der Waals surface area contributed by atoms with E-state index in [2.05, 4.69) is 0 Å². The van der Waals surface area contributed by atoms with E-state index in [0.29, 0.717) is 0 Å². The summed E-state index contributed by atoms with van der Waals surface area (Å²) in [6.45, 7) is 2.05. The van der Waals surface area contributed by atoms with Gasteiger partial charge in [0.2, 0.25) is 0 Å². The molecule has 1 fully saturated rings. The van der Waals surface area contributed by atoms with Gasteiger partial charge < -0.3 is 4.84 Å². The van der Waals surface area contributed by atoms with Gasteiger partial charge in [-0.05, 0) is 12.1 Å². The Bertz CT molecular complexity index is 246. The minimum absolute atomic E-state index is 0.939. The van der Waals surface area contributed by atoms with E-state index in [1.54, 1.807) is 0 Å². The monoisotopic (exact) mass is 195 g/mol. The molecule has 1 aromatic carbocycles. The number of nitrogens with zero attached hydrogens (tertiary/aromatic N) is 1. The lowest BCUT2D eigenvalue weighted by Gasteiger charge is -2.25.